The summed E-state index contributed by atoms with van der Waals surface area (Å²) in [5, 5.41) is 9.92. The van der Waals surface area contributed by atoms with Gasteiger partial charge in [0.15, 0.2) is 0 Å². The van der Waals surface area contributed by atoms with Gasteiger partial charge in [0.05, 0.1) is 6.20 Å². The highest BCUT2D eigenvalue weighted by Crippen LogP contribution is 1.98. The van der Waals surface area contributed by atoms with Gasteiger partial charge in [0, 0.05) is 25.8 Å². The molecule has 0 fully saturated rings. The largest absolute Gasteiger partial charge is 0.338 e. The van der Waals surface area contributed by atoms with Crippen LogP contribution in [0.1, 0.15) is 17.5 Å². The van der Waals surface area contributed by atoms with Crippen LogP contribution in [0, 0.1) is 6.92 Å². The summed E-state index contributed by atoms with van der Waals surface area (Å²) in [6, 6.07) is 10.0. The van der Waals surface area contributed by atoms with Crippen LogP contribution in [-0.2, 0) is 13.0 Å². The first-order valence-electron chi connectivity index (χ1n) is 7.29. The van der Waals surface area contributed by atoms with E-state index >= 15 is 0 Å². The van der Waals surface area contributed by atoms with Gasteiger partial charge in [-0.1, -0.05) is 30.3 Å². The summed E-state index contributed by atoms with van der Waals surface area (Å²) in [6.45, 7) is 4.13. The molecular formula is C16H22N4O. The molecule has 0 aliphatic heterocycles. The highest BCUT2D eigenvalue weighted by atomic mass is 16.2. The van der Waals surface area contributed by atoms with E-state index in [0.717, 1.165) is 24.9 Å². The van der Waals surface area contributed by atoms with Gasteiger partial charge in [-0.05, 0) is 30.9 Å². The quantitative estimate of drug-likeness (QED) is 0.766. The second kappa shape index (κ2) is 8.09. The Labute approximate surface area is 125 Å². The van der Waals surface area contributed by atoms with E-state index in [9.17, 15) is 4.79 Å². The van der Waals surface area contributed by atoms with Crippen LogP contribution < -0.4 is 10.6 Å². The number of nitrogens with one attached hydrogen (secondary N) is 2. The van der Waals surface area contributed by atoms with E-state index in [4.69, 9.17) is 0 Å². The summed E-state index contributed by atoms with van der Waals surface area (Å²) in [5.41, 5.74) is 2.38. The summed E-state index contributed by atoms with van der Waals surface area (Å²) >= 11 is 0. The third-order valence-electron chi connectivity index (χ3n) is 3.15. The van der Waals surface area contributed by atoms with E-state index in [1.807, 2.05) is 42.2 Å². The molecule has 2 rings (SSSR count). The van der Waals surface area contributed by atoms with Gasteiger partial charge in [-0.15, -0.1) is 0 Å². The first-order chi connectivity index (χ1) is 10.2. The van der Waals surface area contributed by atoms with Crippen LogP contribution in [0.3, 0.4) is 0 Å². The van der Waals surface area contributed by atoms with E-state index < -0.39 is 0 Å². The summed E-state index contributed by atoms with van der Waals surface area (Å²) in [5.74, 6) is 0. The van der Waals surface area contributed by atoms with Crippen LogP contribution in [0.25, 0.3) is 0 Å². The van der Waals surface area contributed by atoms with Crippen LogP contribution in [0.4, 0.5) is 4.79 Å². The fourth-order valence-corrected chi connectivity index (χ4v) is 2.06. The average molecular weight is 286 g/mol. The Hall–Kier alpha value is -2.30. The van der Waals surface area contributed by atoms with E-state index in [1.54, 1.807) is 0 Å². The maximum atomic E-state index is 11.6. The van der Waals surface area contributed by atoms with Crippen molar-refractivity contribution in [2.45, 2.75) is 26.3 Å². The van der Waals surface area contributed by atoms with Crippen molar-refractivity contribution in [1.29, 1.82) is 0 Å². The van der Waals surface area contributed by atoms with E-state index in [1.165, 1.54) is 5.56 Å². The molecule has 0 spiro atoms. The summed E-state index contributed by atoms with van der Waals surface area (Å²) in [6.07, 6.45) is 5.55. The monoisotopic (exact) mass is 286 g/mol. The molecule has 0 aliphatic rings. The molecule has 112 valence electrons. The summed E-state index contributed by atoms with van der Waals surface area (Å²) in [7, 11) is 0. The number of hydrogen-bond donors (Lipinski definition) is 2. The van der Waals surface area contributed by atoms with Crippen LogP contribution in [-0.4, -0.2) is 28.9 Å². The molecule has 0 unspecified atom stereocenters. The third-order valence-corrected chi connectivity index (χ3v) is 3.15. The highest BCUT2D eigenvalue weighted by molar-refractivity contribution is 5.73. The molecule has 1 aromatic heterocycles. The molecule has 0 aliphatic carbocycles. The number of carbonyl (C=O) groups is 1. The first kappa shape index (κ1) is 15.1. The minimum atomic E-state index is -0.109. The predicted octanol–water partition coefficient (Wildman–Crippen LogP) is 2.12. The Balaban J connectivity index is 1.53. The number of urea groups is 1. The fourth-order valence-electron chi connectivity index (χ4n) is 2.06. The predicted molar refractivity (Wildman–Crippen MR) is 83.1 cm³/mol. The molecule has 21 heavy (non-hydrogen) atoms. The zero-order valence-corrected chi connectivity index (χ0v) is 12.4. The van der Waals surface area contributed by atoms with Crippen molar-refractivity contribution >= 4 is 6.03 Å². The number of nitrogens with zero attached hydrogens (tertiary/aromatic N) is 2. The molecule has 0 bridgehead atoms. The van der Waals surface area contributed by atoms with Crippen molar-refractivity contribution in [2.75, 3.05) is 13.1 Å². The normalized spacial score (nSPS) is 10.3. The average Bonchev–Trinajstić information content (AvgIpc) is 2.90. The lowest BCUT2D eigenvalue weighted by Gasteiger charge is -2.07. The number of hydrogen-bond acceptors (Lipinski definition) is 2. The van der Waals surface area contributed by atoms with E-state index in [0.29, 0.717) is 13.1 Å². The lowest BCUT2D eigenvalue weighted by Crippen LogP contribution is -2.37. The van der Waals surface area contributed by atoms with Crippen molar-refractivity contribution in [3.8, 4) is 0 Å². The highest BCUT2D eigenvalue weighted by Gasteiger charge is 2.00. The fraction of sp³-hybridized carbons (Fsp3) is 0.375. The zero-order chi connectivity index (χ0) is 14.9. The van der Waals surface area contributed by atoms with Crippen molar-refractivity contribution in [3.63, 3.8) is 0 Å². The third kappa shape index (κ3) is 5.69. The molecule has 2 amide bonds. The van der Waals surface area contributed by atoms with Crippen molar-refractivity contribution < 1.29 is 4.79 Å². The lowest BCUT2D eigenvalue weighted by atomic mass is 10.1. The first-order valence-corrected chi connectivity index (χ1v) is 7.29. The van der Waals surface area contributed by atoms with E-state index in [2.05, 4.69) is 27.9 Å². The summed E-state index contributed by atoms with van der Waals surface area (Å²) in [4.78, 5) is 11.6. The molecule has 1 aromatic carbocycles. The molecule has 0 saturated heterocycles. The van der Waals surface area contributed by atoms with Crippen molar-refractivity contribution in [3.05, 3.63) is 53.9 Å². The van der Waals surface area contributed by atoms with Crippen LogP contribution in [0.2, 0.25) is 0 Å². The van der Waals surface area contributed by atoms with Gasteiger partial charge < -0.3 is 10.6 Å². The number of aromatic nitrogens is 2. The minimum absolute atomic E-state index is 0.109. The van der Waals surface area contributed by atoms with Gasteiger partial charge in [0.1, 0.15) is 0 Å². The number of carbonyl (C=O) groups excluding carboxylic acids is 1. The van der Waals surface area contributed by atoms with Crippen LogP contribution in [0.5, 0.6) is 0 Å². The SMILES string of the molecule is Cc1cnn(CCCNC(=O)NCCc2ccccc2)c1. The number of rotatable bonds is 7. The molecule has 2 N–H and O–H groups in total. The Morgan fingerprint density at radius 2 is 1.95 bits per heavy atom. The topological polar surface area (TPSA) is 59.0 Å². The molecule has 2 aromatic rings. The molecule has 0 atom stereocenters. The van der Waals surface area contributed by atoms with Crippen molar-refractivity contribution in [1.82, 2.24) is 20.4 Å². The Kier molecular flexibility index (Phi) is 5.82. The van der Waals surface area contributed by atoms with Gasteiger partial charge in [-0.25, -0.2) is 4.79 Å². The van der Waals surface area contributed by atoms with Crippen LogP contribution in [0.15, 0.2) is 42.7 Å². The molecule has 5 nitrogen and oxygen atoms in total. The van der Waals surface area contributed by atoms with Gasteiger partial charge in [0.2, 0.25) is 0 Å². The van der Waals surface area contributed by atoms with Gasteiger partial charge in [0.25, 0.3) is 0 Å². The summed E-state index contributed by atoms with van der Waals surface area (Å²) < 4.78 is 1.89. The Morgan fingerprint density at radius 1 is 1.19 bits per heavy atom. The lowest BCUT2D eigenvalue weighted by molar-refractivity contribution is 0.240. The number of amides is 2. The molecule has 0 saturated carbocycles. The standard InChI is InChI=1S/C16H22N4O/c1-14-12-19-20(13-14)11-5-9-17-16(21)18-10-8-15-6-3-2-4-7-15/h2-4,6-7,12-13H,5,8-11H2,1H3,(H2,17,18,21). The van der Waals surface area contributed by atoms with Gasteiger partial charge >= 0.3 is 6.03 Å². The maximum Gasteiger partial charge on any atom is 0.314 e. The smallest absolute Gasteiger partial charge is 0.314 e. The Morgan fingerprint density at radius 3 is 2.67 bits per heavy atom. The Bertz CT molecular complexity index is 550. The van der Waals surface area contributed by atoms with Gasteiger partial charge in [-0.2, -0.15) is 5.10 Å². The maximum absolute atomic E-state index is 11.6. The number of benzene rings is 1. The van der Waals surface area contributed by atoms with Crippen molar-refractivity contribution in [2.24, 2.45) is 0 Å². The molecule has 5 heteroatoms. The molecule has 1 heterocycles. The minimum Gasteiger partial charge on any atom is -0.338 e. The molecular weight excluding hydrogens is 264 g/mol. The van der Waals surface area contributed by atoms with Crippen LogP contribution >= 0.6 is 0 Å². The van der Waals surface area contributed by atoms with E-state index in [-0.39, 0.29) is 6.03 Å². The molecule has 0 radical (unpaired) electrons. The zero-order valence-electron chi connectivity index (χ0n) is 12.4. The number of aryl methyl sites for hydroxylation is 2. The second-order valence-electron chi connectivity index (χ2n) is 5.05. The second-order valence-corrected chi connectivity index (χ2v) is 5.05. The van der Waals surface area contributed by atoms with Gasteiger partial charge in [-0.3, -0.25) is 4.68 Å².